The predicted octanol–water partition coefficient (Wildman–Crippen LogP) is 1.40. The SMILES string of the molecule is [Ti+3].c1cc[cH-]c1. The first-order chi connectivity index (χ1) is 2.50. The Bertz CT molecular complexity index is 60.4. The molecular formula is C5H5Ti+2. The third-order valence-electron chi connectivity index (χ3n) is 0.556. The van der Waals surface area contributed by atoms with Gasteiger partial charge in [0, 0.05) is 0 Å². The van der Waals surface area contributed by atoms with Crippen LogP contribution in [-0.2, 0) is 21.7 Å². The summed E-state index contributed by atoms with van der Waals surface area (Å²) in [7, 11) is 0. The molecule has 0 N–H and O–H groups in total. The van der Waals surface area contributed by atoms with E-state index in [4.69, 9.17) is 0 Å². The molecule has 0 aliphatic heterocycles. The molecule has 0 nitrogen and oxygen atoms in total. The maximum Gasteiger partial charge on any atom is 3.00 e. The average molecular weight is 113 g/mol. The van der Waals surface area contributed by atoms with E-state index in [0.29, 0.717) is 0 Å². The zero-order valence-electron chi connectivity index (χ0n) is 3.39. The molecule has 27 valence electrons. The molecule has 1 radical (unpaired) electrons. The third-order valence-corrected chi connectivity index (χ3v) is 0.556. The van der Waals surface area contributed by atoms with E-state index in [1.807, 2.05) is 30.3 Å². The van der Waals surface area contributed by atoms with Crippen LogP contribution in [0.25, 0.3) is 0 Å². The van der Waals surface area contributed by atoms with Gasteiger partial charge in [-0.25, -0.2) is 12.1 Å². The quantitative estimate of drug-likeness (QED) is 0.352. The van der Waals surface area contributed by atoms with Crippen molar-refractivity contribution in [1.29, 1.82) is 0 Å². The fourth-order valence-electron chi connectivity index (χ4n) is 0.321. The molecule has 0 aliphatic rings. The molecule has 0 heterocycles. The van der Waals surface area contributed by atoms with Crippen molar-refractivity contribution in [3.05, 3.63) is 30.3 Å². The van der Waals surface area contributed by atoms with Crippen molar-refractivity contribution in [2.45, 2.75) is 0 Å². The van der Waals surface area contributed by atoms with Crippen molar-refractivity contribution in [2.24, 2.45) is 0 Å². The van der Waals surface area contributed by atoms with Gasteiger partial charge in [0.2, 0.25) is 0 Å². The van der Waals surface area contributed by atoms with Gasteiger partial charge in [-0.2, -0.15) is 18.2 Å². The summed E-state index contributed by atoms with van der Waals surface area (Å²) >= 11 is 0. The van der Waals surface area contributed by atoms with E-state index in [-0.39, 0.29) is 21.7 Å². The van der Waals surface area contributed by atoms with Crippen LogP contribution in [0.1, 0.15) is 0 Å². The first-order valence-corrected chi connectivity index (χ1v) is 1.67. The first kappa shape index (κ1) is 6.06. The summed E-state index contributed by atoms with van der Waals surface area (Å²) in [5, 5.41) is 0. The fraction of sp³-hybridized carbons (Fsp3) is 0. The number of rotatable bonds is 0. The molecule has 0 saturated carbocycles. The molecule has 1 aromatic rings. The molecule has 0 aromatic heterocycles. The molecule has 0 bridgehead atoms. The Balaban J connectivity index is 0.000000250. The summed E-state index contributed by atoms with van der Waals surface area (Å²) in [5.74, 6) is 0. The Morgan fingerprint density at radius 1 is 1.00 bits per heavy atom. The minimum atomic E-state index is 0. The molecule has 0 unspecified atom stereocenters. The monoisotopic (exact) mass is 113 g/mol. The van der Waals surface area contributed by atoms with E-state index in [9.17, 15) is 0 Å². The zero-order valence-corrected chi connectivity index (χ0v) is 4.95. The van der Waals surface area contributed by atoms with E-state index in [1.165, 1.54) is 0 Å². The van der Waals surface area contributed by atoms with Crippen LogP contribution in [0.4, 0.5) is 0 Å². The Morgan fingerprint density at radius 3 is 1.67 bits per heavy atom. The molecular weight excluding hydrogens is 108 g/mol. The molecule has 0 saturated heterocycles. The van der Waals surface area contributed by atoms with Gasteiger partial charge in [0.05, 0.1) is 0 Å². The minimum absolute atomic E-state index is 0. The van der Waals surface area contributed by atoms with Crippen molar-refractivity contribution >= 4 is 0 Å². The van der Waals surface area contributed by atoms with Gasteiger partial charge in [0.15, 0.2) is 0 Å². The van der Waals surface area contributed by atoms with Gasteiger partial charge >= 0.3 is 21.7 Å². The minimum Gasteiger partial charge on any atom is -0.214 e. The molecule has 0 aliphatic carbocycles. The standard InChI is InChI=1S/C5H5.Ti/c1-2-4-5-3-1;/h1-5H;/q-1;+3. The second kappa shape index (κ2) is 3.26. The molecule has 1 heteroatoms. The van der Waals surface area contributed by atoms with E-state index in [2.05, 4.69) is 0 Å². The van der Waals surface area contributed by atoms with Crippen LogP contribution in [-0.4, -0.2) is 0 Å². The van der Waals surface area contributed by atoms with E-state index in [0.717, 1.165) is 0 Å². The fourth-order valence-corrected chi connectivity index (χ4v) is 0.321. The maximum atomic E-state index is 2.00. The summed E-state index contributed by atoms with van der Waals surface area (Å²) < 4.78 is 0. The molecule has 0 atom stereocenters. The van der Waals surface area contributed by atoms with Gasteiger partial charge in [0.25, 0.3) is 0 Å². The summed E-state index contributed by atoms with van der Waals surface area (Å²) in [4.78, 5) is 0. The van der Waals surface area contributed by atoms with E-state index in [1.54, 1.807) is 0 Å². The van der Waals surface area contributed by atoms with Gasteiger partial charge in [-0.3, -0.25) is 0 Å². The Morgan fingerprint density at radius 2 is 1.50 bits per heavy atom. The first-order valence-electron chi connectivity index (χ1n) is 1.67. The summed E-state index contributed by atoms with van der Waals surface area (Å²) in [5.41, 5.74) is 0. The van der Waals surface area contributed by atoms with E-state index >= 15 is 0 Å². The normalized spacial score (nSPS) is 6.67. The smallest absolute Gasteiger partial charge is 0.214 e. The van der Waals surface area contributed by atoms with Crippen molar-refractivity contribution < 1.29 is 21.7 Å². The van der Waals surface area contributed by atoms with Crippen LogP contribution in [0.15, 0.2) is 30.3 Å². The number of hydrogen-bond acceptors (Lipinski definition) is 0. The second-order valence-electron chi connectivity index (χ2n) is 0.962. The van der Waals surface area contributed by atoms with Gasteiger partial charge in [-0.05, 0) is 0 Å². The molecule has 0 spiro atoms. The van der Waals surface area contributed by atoms with Crippen LogP contribution in [0.3, 0.4) is 0 Å². The van der Waals surface area contributed by atoms with Gasteiger partial charge in [-0.15, -0.1) is 0 Å². The van der Waals surface area contributed by atoms with Gasteiger partial charge in [-0.1, -0.05) is 0 Å². The van der Waals surface area contributed by atoms with Gasteiger partial charge in [0.1, 0.15) is 0 Å². The Hall–Kier alpha value is 0.0643. The van der Waals surface area contributed by atoms with Crippen molar-refractivity contribution in [3.63, 3.8) is 0 Å². The average Bonchev–Trinajstić information content (AvgIpc) is 1.76. The third kappa shape index (κ3) is 1.49. The van der Waals surface area contributed by atoms with Crippen LogP contribution < -0.4 is 0 Å². The molecule has 0 fully saturated rings. The van der Waals surface area contributed by atoms with E-state index < -0.39 is 0 Å². The van der Waals surface area contributed by atoms with Crippen molar-refractivity contribution in [3.8, 4) is 0 Å². The largest absolute Gasteiger partial charge is 3.00 e. The number of hydrogen-bond donors (Lipinski definition) is 0. The van der Waals surface area contributed by atoms with Crippen LogP contribution in [0, 0.1) is 0 Å². The summed E-state index contributed by atoms with van der Waals surface area (Å²) in [6.45, 7) is 0. The molecule has 1 aromatic carbocycles. The van der Waals surface area contributed by atoms with Gasteiger partial charge < -0.3 is 0 Å². The Kier molecular flexibility index (Phi) is 3.30. The Labute approximate surface area is 52.4 Å². The second-order valence-corrected chi connectivity index (χ2v) is 0.962. The van der Waals surface area contributed by atoms with Crippen LogP contribution >= 0.6 is 0 Å². The molecule has 6 heavy (non-hydrogen) atoms. The predicted molar refractivity (Wildman–Crippen MR) is 22.0 cm³/mol. The van der Waals surface area contributed by atoms with Crippen LogP contribution in [0.2, 0.25) is 0 Å². The molecule has 1 rings (SSSR count). The van der Waals surface area contributed by atoms with Crippen LogP contribution in [0.5, 0.6) is 0 Å². The summed E-state index contributed by atoms with van der Waals surface area (Å²) in [6.07, 6.45) is 0. The molecule has 0 amide bonds. The maximum absolute atomic E-state index is 2.00. The van der Waals surface area contributed by atoms with Crippen molar-refractivity contribution in [2.75, 3.05) is 0 Å². The zero-order chi connectivity index (χ0) is 3.54. The van der Waals surface area contributed by atoms with Crippen molar-refractivity contribution in [1.82, 2.24) is 0 Å². The summed E-state index contributed by atoms with van der Waals surface area (Å²) in [6, 6.07) is 10.0. The topological polar surface area (TPSA) is 0 Å².